The van der Waals surface area contributed by atoms with Crippen molar-refractivity contribution in [2.24, 2.45) is 0 Å². The molecule has 0 aromatic heterocycles. The molecular weight excluding hydrogens is 172 g/mol. The van der Waals surface area contributed by atoms with Crippen LogP contribution in [-0.4, -0.2) is 0 Å². The van der Waals surface area contributed by atoms with E-state index in [1.54, 1.807) is 0 Å². The molecule has 1 aromatic rings. The first-order valence-corrected chi connectivity index (χ1v) is 4.96. The molecule has 1 fully saturated rings. The van der Waals surface area contributed by atoms with Gasteiger partial charge in [0.15, 0.2) is 0 Å². The molecule has 2 rings (SSSR count). The second-order valence-corrected chi connectivity index (χ2v) is 4.14. The van der Waals surface area contributed by atoms with Gasteiger partial charge in [0, 0.05) is 5.69 Å². The van der Waals surface area contributed by atoms with Gasteiger partial charge in [-0.25, -0.2) is 0 Å². The van der Waals surface area contributed by atoms with E-state index in [4.69, 9.17) is 5.73 Å². The molecule has 2 N–H and O–H groups in total. The topological polar surface area (TPSA) is 49.8 Å². The SMILES string of the molecule is Cc1ccc(N)c(C2(C#N)CCC2)c1. The molecule has 1 aliphatic rings. The molecular formula is C12H14N2. The number of anilines is 1. The second kappa shape index (κ2) is 3.02. The van der Waals surface area contributed by atoms with Crippen molar-refractivity contribution in [1.82, 2.24) is 0 Å². The summed E-state index contributed by atoms with van der Waals surface area (Å²) in [5.74, 6) is 0. The molecule has 0 radical (unpaired) electrons. The van der Waals surface area contributed by atoms with Gasteiger partial charge in [0.1, 0.15) is 0 Å². The van der Waals surface area contributed by atoms with Crippen LogP contribution in [0.2, 0.25) is 0 Å². The number of nitrogens with two attached hydrogens (primary N) is 1. The molecule has 1 aliphatic carbocycles. The van der Waals surface area contributed by atoms with Crippen LogP contribution in [0.15, 0.2) is 18.2 Å². The fraction of sp³-hybridized carbons (Fsp3) is 0.417. The van der Waals surface area contributed by atoms with E-state index >= 15 is 0 Å². The molecule has 0 aliphatic heterocycles. The average Bonchev–Trinajstić information content (AvgIpc) is 2.10. The summed E-state index contributed by atoms with van der Waals surface area (Å²) in [7, 11) is 0. The van der Waals surface area contributed by atoms with Crippen molar-refractivity contribution >= 4 is 5.69 Å². The number of nitriles is 1. The maximum absolute atomic E-state index is 9.20. The first kappa shape index (κ1) is 9.08. The van der Waals surface area contributed by atoms with Gasteiger partial charge in [0.05, 0.1) is 11.5 Å². The minimum atomic E-state index is -0.282. The third kappa shape index (κ3) is 1.17. The molecule has 14 heavy (non-hydrogen) atoms. The molecule has 1 saturated carbocycles. The molecule has 0 heterocycles. The lowest BCUT2D eigenvalue weighted by molar-refractivity contribution is 0.325. The number of nitrogens with zero attached hydrogens (tertiary/aromatic N) is 1. The third-order valence-corrected chi connectivity index (χ3v) is 3.15. The Labute approximate surface area is 84.3 Å². The van der Waals surface area contributed by atoms with Crippen LogP contribution in [0.4, 0.5) is 5.69 Å². The zero-order valence-corrected chi connectivity index (χ0v) is 8.38. The van der Waals surface area contributed by atoms with Crippen LogP contribution in [0, 0.1) is 18.3 Å². The lowest BCUT2D eigenvalue weighted by atomic mass is 9.65. The second-order valence-electron chi connectivity index (χ2n) is 4.14. The molecule has 0 atom stereocenters. The standard InChI is InChI=1S/C12H14N2/c1-9-3-4-11(14)10(7-9)12(8-13)5-2-6-12/h3-4,7H,2,5-6,14H2,1H3. The molecule has 0 saturated heterocycles. The van der Waals surface area contributed by atoms with Gasteiger partial charge in [-0.1, -0.05) is 17.7 Å². The molecule has 0 unspecified atom stereocenters. The number of aryl methyl sites for hydroxylation is 1. The van der Waals surface area contributed by atoms with E-state index in [-0.39, 0.29) is 5.41 Å². The normalized spacial score (nSPS) is 18.3. The highest BCUT2D eigenvalue weighted by Gasteiger charge is 2.40. The van der Waals surface area contributed by atoms with Gasteiger partial charge >= 0.3 is 0 Å². The van der Waals surface area contributed by atoms with Crippen molar-refractivity contribution < 1.29 is 0 Å². The number of nitrogen functional groups attached to an aromatic ring is 1. The minimum Gasteiger partial charge on any atom is -0.398 e. The number of benzene rings is 1. The zero-order chi connectivity index (χ0) is 10.2. The summed E-state index contributed by atoms with van der Waals surface area (Å²) in [5.41, 5.74) is 8.60. The first-order valence-electron chi connectivity index (χ1n) is 4.96. The Hall–Kier alpha value is -1.49. The van der Waals surface area contributed by atoms with Gasteiger partial charge in [-0.2, -0.15) is 5.26 Å². The Bertz CT molecular complexity index is 397. The fourth-order valence-corrected chi connectivity index (χ4v) is 2.06. The van der Waals surface area contributed by atoms with Crippen LogP contribution in [0.25, 0.3) is 0 Å². The van der Waals surface area contributed by atoms with Crippen LogP contribution < -0.4 is 5.73 Å². The first-order chi connectivity index (χ1) is 6.68. The summed E-state index contributed by atoms with van der Waals surface area (Å²) >= 11 is 0. The molecule has 0 amide bonds. The van der Waals surface area contributed by atoms with Gasteiger partial charge in [0.2, 0.25) is 0 Å². The summed E-state index contributed by atoms with van der Waals surface area (Å²) in [6.07, 6.45) is 3.05. The van der Waals surface area contributed by atoms with E-state index in [1.807, 2.05) is 19.1 Å². The lowest BCUT2D eigenvalue weighted by Crippen LogP contribution is -2.33. The van der Waals surface area contributed by atoms with Crippen LogP contribution in [0.1, 0.15) is 30.4 Å². The maximum Gasteiger partial charge on any atom is 0.0842 e. The maximum atomic E-state index is 9.20. The van der Waals surface area contributed by atoms with Crippen LogP contribution in [0.5, 0.6) is 0 Å². The van der Waals surface area contributed by atoms with Crippen LogP contribution in [0.3, 0.4) is 0 Å². The van der Waals surface area contributed by atoms with Crippen molar-refractivity contribution in [2.45, 2.75) is 31.6 Å². The summed E-state index contributed by atoms with van der Waals surface area (Å²) < 4.78 is 0. The summed E-state index contributed by atoms with van der Waals surface area (Å²) in [5, 5.41) is 9.20. The predicted octanol–water partition coefficient (Wildman–Crippen LogP) is 2.52. The average molecular weight is 186 g/mol. The van der Waals surface area contributed by atoms with Crippen LogP contribution in [-0.2, 0) is 5.41 Å². The summed E-state index contributed by atoms with van der Waals surface area (Å²) in [6, 6.07) is 8.37. The molecule has 0 spiro atoms. The fourth-order valence-electron chi connectivity index (χ4n) is 2.06. The Morgan fingerprint density at radius 1 is 1.43 bits per heavy atom. The van der Waals surface area contributed by atoms with Crippen molar-refractivity contribution in [3.63, 3.8) is 0 Å². The molecule has 0 bridgehead atoms. The Morgan fingerprint density at radius 2 is 2.14 bits per heavy atom. The minimum absolute atomic E-state index is 0.282. The lowest BCUT2D eigenvalue weighted by Gasteiger charge is -2.36. The molecule has 72 valence electrons. The van der Waals surface area contributed by atoms with E-state index in [0.29, 0.717) is 0 Å². The summed E-state index contributed by atoms with van der Waals surface area (Å²) in [4.78, 5) is 0. The highest BCUT2D eigenvalue weighted by molar-refractivity contribution is 5.55. The number of hydrogen-bond donors (Lipinski definition) is 1. The predicted molar refractivity (Wildman–Crippen MR) is 56.7 cm³/mol. The quantitative estimate of drug-likeness (QED) is 0.685. The van der Waals surface area contributed by atoms with Gasteiger partial charge in [-0.05, 0) is 37.8 Å². The van der Waals surface area contributed by atoms with Crippen molar-refractivity contribution in [3.8, 4) is 6.07 Å². The Balaban J connectivity index is 2.50. The van der Waals surface area contributed by atoms with Crippen molar-refractivity contribution in [3.05, 3.63) is 29.3 Å². The molecule has 2 heteroatoms. The number of hydrogen-bond acceptors (Lipinski definition) is 2. The Kier molecular flexibility index (Phi) is 1.96. The van der Waals surface area contributed by atoms with E-state index in [1.165, 1.54) is 5.56 Å². The van der Waals surface area contributed by atoms with E-state index in [0.717, 1.165) is 30.5 Å². The van der Waals surface area contributed by atoms with E-state index < -0.39 is 0 Å². The number of rotatable bonds is 1. The summed E-state index contributed by atoms with van der Waals surface area (Å²) in [6.45, 7) is 2.03. The largest absolute Gasteiger partial charge is 0.398 e. The Morgan fingerprint density at radius 3 is 2.64 bits per heavy atom. The monoisotopic (exact) mass is 186 g/mol. The van der Waals surface area contributed by atoms with Gasteiger partial charge < -0.3 is 5.73 Å². The van der Waals surface area contributed by atoms with Crippen molar-refractivity contribution in [2.75, 3.05) is 5.73 Å². The van der Waals surface area contributed by atoms with Crippen LogP contribution >= 0.6 is 0 Å². The van der Waals surface area contributed by atoms with Gasteiger partial charge in [0.25, 0.3) is 0 Å². The highest BCUT2D eigenvalue weighted by Crippen LogP contribution is 2.45. The van der Waals surface area contributed by atoms with Gasteiger partial charge in [-0.15, -0.1) is 0 Å². The third-order valence-electron chi connectivity index (χ3n) is 3.15. The zero-order valence-electron chi connectivity index (χ0n) is 8.38. The van der Waals surface area contributed by atoms with Crippen molar-refractivity contribution in [1.29, 1.82) is 5.26 Å². The highest BCUT2D eigenvalue weighted by atomic mass is 14.6. The smallest absolute Gasteiger partial charge is 0.0842 e. The molecule has 1 aromatic carbocycles. The van der Waals surface area contributed by atoms with E-state index in [9.17, 15) is 5.26 Å². The van der Waals surface area contributed by atoms with E-state index in [2.05, 4.69) is 12.1 Å². The van der Waals surface area contributed by atoms with Gasteiger partial charge in [-0.3, -0.25) is 0 Å². The molecule has 2 nitrogen and oxygen atoms in total.